The molecule has 2 aromatic rings. The molecule has 1 saturated heterocycles. The number of piperazine rings is 1. The Labute approximate surface area is 183 Å². The molecular weight excluding hydrogens is 424 g/mol. The van der Waals surface area contributed by atoms with Gasteiger partial charge in [-0.05, 0) is 55.7 Å². The molecule has 0 aromatic heterocycles. The van der Waals surface area contributed by atoms with Gasteiger partial charge in [-0.25, -0.2) is 8.42 Å². The molecule has 0 saturated carbocycles. The first-order valence-corrected chi connectivity index (χ1v) is 11.8. The smallest absolute Gasteiger partial charge is 0.307 e. The second kappa shape index (κ2) is 9.47. The number of rotatable bonds is 7. The summed E-state index contributed by atoms with van der Waals surface area (Å²) < 4.78 is 28.2. The third-order valence-electron chi connectivity index (χ3n) is 5.37. The SMILES string of the molecule is CC1CN(CCc2ccc(Cl)cc2)C[C@H](C)N1S(=O)(=O)c1cccc(CC(=O)O)c1. The van der Waals surface area contributed by atoms with Crippen molar-refractivity contribution < 1.29 is 18.3 Å². The van der Waals surface area contributed by atoms with Crippen LogP contribution in [-0.2, 0) is 27.7 Å². The summed E-state index contributed by atoms with van der Waals surface area (Å²) in [5, 5.41) is 9.71. The van der Waals surface area contributed by atoms with Gasteiger partial charge in [-0.15, -0.1) is 0 Å². The van der Waals surface area contributed by atoms with Crippen molar-refractivity contribution in [1.82, 2.24) is 9.21 Å². The van der Waals surface area contributed by atoms with Gasteiger partial charge in [0.25, 0.3) is 0 Å². The van der Waals surface area contributed by atoms with Crippen LogP contribution in [0.15, 0.2) is 53.4 Å². The van der Waals surface area contributed by atoms with Crippen LogP contribution in [0, 0.1) is 0 Å². The van der Waals surface area contributed by atoms with Crippen molar-refractivity contribution in [2.24, 2.45) is 0 Å². The molecule has 6 nitrogen and oxygen atoms in total. The summed E-state index contributed by atoms with van der Waals surface area (Å²) in [6.45, 7) is 5.98. The first-order valence-electron chi connectivity index (χ1n) is 9.98. The average Bonchev–Trinajstić information content (AvgIpc) is 2.66. The summed E-state index contributed by atoms with van der Waals surface area (Å²) in [5.41, 5.74) is 1.68. The predicted octanol–water partition coefficient (Wildman–Crippen LogP) is 3.29. The maximum atomic E-state index is 13.3. The molecule has 1 aliphatic rings. The molecule has 1 unspecified atom stereocenters. The molecule has 0 aliphatic carbocycles. The fourth-order valence-corrected chi connectivity index (χ4v) is 6.13. The number of halogens is 1. The van der Waals surface area contributed by atoms with E-state index in [1.165, 1.54) is 17.7 Å². The van der Waals surface area contributed by atoms with Gasteiger partial charge in [0.15, 0.2) is 0 Å². The lowest BCUT2D eigenvalue weighted by Crippen LogP contribution is -2.58. The van der Waals surface area contributed by atoms with Gasteiger partial charge in [0.2, 0.25) is 10.0 Å². The Hall–Kier alpha value is -1.93. The Morgan fingerprint density at radius 3 is 2.30 bits per heavy atom. The molecule has 8 heteroatoms. The van der Waals surface area contributed by atoms with Gasteiger partial charge in [0.1, 0.15) is 0 Å². The molecular formula is C22H27ClN2O4S. The van der Waals surface area contributed by atoms with Gasteiger partial charge in [-0.3, -0.25) is 9.69 Å². The molecule has 162 valence electrons. The summed E-state index contributed by atoms with van der Waals surface area (Å²) in [5.74, 6) is -0.986. The van der Waals surface area contributed by atoms with Gasteiger partial charge in [-0.1, -0.05) is 35.9 Å². The Morgan fingerprint density at radius 1 is 1.07 bits per heavy atom. The van der Waals surface area contributed by atoms with E-state index in [-0.39, 0.29) is 23.4 Å². The summed E-state index contributed by atoms with van der Waals surface area (Å²) in [7, 11) is -3.71. The molecule has 0 spiro atoms. The normalized spacial score (nSPS) is 20.9. The molecule has 0 amide bonds. The van der Waals surface area contributed by atoms with Crippen molar-refractivity contribution in [2.45, 2.75) is 43.7 Å². The van der Waals surface area contributed by atoms with E-state index in [0.29, 0.717) is 23.7 Å². The molecule has 0 bridgehead atoms. The van der Waals surface area contributed by atoms with Crippen LogP contribution in [0.3, 0.4) is 0 Å². The second-order valence-electron chi connectivity index (χ2n) is 7.89. The number of aliphatic carboxylic acids is 1. The van der Waals surface area contributed by atoms with Crippen LogP contribution >= 0.6 is 11.6 Å². The number of carboxylic acids is 1. The highest BCUT2D eigenvalue weighted by Gasteiger charge is 2.38. The zero-order chi connectivity index (χ0) is 21.9. The third kappa shape index (κ3) is 5.40. The molecule has 2 atom stereocenters. The standard InChI is InChI=1S/C22H27ClN2O4S/c1-16-14-24(11-10-18-6-8-20(23)9-7-18)15-17(2)25(16)30(28,29)21-5-3-4-19(12-21)13-22(26)27/h3-9,12,16-17H,10-11,13-15H2,1-2H3,(H,26,27)/t16-,17?/m0/s1. The maximum absolute atomic E-state index is 13.3. The minimum absolute atomic E-state index is 0.148. The number of carbonyl (C=O) groups is 1. The Balaban J connectivity index is 1.70. The zero-order valence-electron chi connectivity index (χ0n) is 17.2. The number of benzene rings is 2. The fraction of sp³-hybridized carbons (Fsp3) is 0.409. The van der Waals surface area contributed by atoms with Crippen molar-refractivity contribution in [1.29, 1.82) is 0 Å². The molecule has 2 aromatic carbocycles. The van der Waals surface area contributed by atoms with E-state index in [9.17, 15) is 13.2 Å². The van der Waals surface area contributed by atoms with Crippen LogP contribution < -0.4 is 0 Å². The largest absolute Gasteiger partial charge is 0.481 e. The Morgan fingerprint density at radius 2 is 1.70 bits per heavy atom. The number of hydrogen-bond donors (Lipinski definition) is 1. The van der Waals surface area contributed by atoms with Crippen LogP contribution in [0.4, 0.5) is 0 Å². The van der Waals surface area contributed by atoms with E-state index >= 15 is 0 Å². The van der Waals surface area contributed by atoms with E-state index in [4.69, 9.17) is 16.7 Å². The van der Waals surface area contributed by atoms with Crippen molar-refractivity contribution in [3.8, 4) is 0 Å². The number of carboxylic acid groups (broad SMARTS) is 1. The van der Waals surface area contributed by atoms with Gasteiger partial charge in [0.05, 0.1) is 11.3 Å². The molecule has 30 heavy (non-hydrogen) atoms. The summed E-state index contributed by atoms with van der Waals surface area (Å²) >= 11 is 5.94. The Kier molecular flexibility index (Phi) is 7.18. The van der Waals surface area contributed by atoms with Crippen molar-refractivity contribution in [3.63, 3.8) is 0 Å². The molecule has 3 rings (SSSR count). The topological polar surface area (TPSA) is 77.9 Å². The summed E-state index contributed by atoms with van der Waals surface area (Å²) in [6.07, 6.45) is 0.674. The van der Waals surface area contributed by atoms with E-state index in [2.05, 4.69) is 4.90 Å². The van der Waals surface area contributed by atoms with E-state index < -0.39 is 16.0 Å². The predicted molar refractivity (Wildman–Crippen MR) is 117 cm³/mol. The maximum Gasteiger partial charge on any atom is 0.307 e. The van der Waals surface area contributed by atoms with Crippen LogP contribution in [0.2, 0.25) is 5.02 Å². The van der Waals surface area contributed by atoms with Crippen LogP contribution in [0.25, 0.3) is 0 Å². The fourth-order valence-electron chi connectivity index (χ4n) is 4.12. The van der Waals surface area contributed by atoms with E-state index in [1.54, 1.807) is 16.4 Å². The molecule has 1 aliphatic heterocycles. The van der Waals surface area contributed by atoms with Gasteiger partial charge in [0, 0.05) is 36.7 Å². The number of nitrogens with zero attached hydrogens (tertiary/aromatic N) is 2. The van der Waals surface area contributed by atoms with Gasteiger partial charge >= 0.3 is 5.97 Å². The third-order valence-corrected chi connectivity index (χ3v) is 7.75. The first-order chi connectivity index (χ1) is 14.2. The quantitative estimate of drug-likeness (QED) is 0.700. The van der Waals surface area contributed by atoms with E-state index in [0.717, 1.165) is 13.0 Å². The average molecular weight is 451 g/mol. The molecule has 1 heterocycles. The number of sulfonamides is 1. The highest BCUT2D eigenvalue weighted by atomic mass is 35.5. The summed E-state index contributed by atoms with van der Waals surface area (Å²) in [6, 6.07) is 13.6. The van der Waals surface area contributed by atoms with Crippen molar-refractivity contribution >= 4 is 27.6 Å². The second-order valence-corrected chi connectivity index (χ2v) is 10.2. The molecule has 0 radical (unpaired) electrons. The lowest BCUT2D eigenvalue weighted by Gasteiger charge is -2.43. The van der Waals surface area contributed by atoms with Crippen LogP contribution in [-0.4, -0.2) is 60.4 Å². The zero-order valence-corrected chi connectivity index (χ0v) is 18.7. The lowest BCUT2D eigenvalue weighted by atomic mass is 10.1. The van der Waals surface area contributed by atoms with Crippen LogP contribution in [0.5, 0.6) is 0 Å². The van der Waals surface area contributed by atoms with Crippen LogP contribution in [0.1, 0.15) is 25.0 Å². The van der Waals surface area contributed by atoms with Gasteiger partial charge in [-0.2, -0.15) is 4.31 Å². The Bertz CT molecular complexity index is 982. The molecule has 1 fully saturated rings. The highest BCUT2D eigenvalue weighted by molar-refractivity contribution is 7.89. The van der Waals surface area contributed by atoms with E-state index in [1.807, 2.05) is 38.1 Å². The first kappa shape index (κ1) is 22.7. The monoisotopic (exact) mass is 450 g/mol. The highest BCUT2D eigenvalue weighted by Crippen LogP contribution is 2.26. The van der Waals surface area contributed by atoms with Crippen molar-refractivity contribution in [2.75, 3.05) is 19.6 Å². The number of hydrogen-bond acceptors (Lipinski definition) is 4. The summed E-state index contributed by atoms with van der Waals surface area (Å²) in [4.78, 5) is 13.4. The molecule has 1 N–H and O–H groups in total. The minimum Gasteiger partial charge on any atom is -0.481 e. The minimum atomic E-state index is -3.71. The van der Waals surface area contributed by atoms with Gasteiger partial charge < -0.3 is 5.11 Å². The lowest BCUT2D eigenvalue weighted by molar-refractivity contribution is -0.136. The van der Waals surface area contributed by atoms with Crippen molar-refractivity contribution in [3.05, 3.63) is 64.7 Å².